The molecule has 0 unspecified atom stereocenters. The highest BCUT2D eigenvalue weighted by Crippen LogP contribution is 2.38. The van der Waals surface area contributed by atoms with Crippen molar-refractivity contribution in [1.82, 2.24) is 0 Å². The molecule has 0 aliphatic rings. The highest BCUT2D eigenvalue weighted by Gasteiger charge is 2.15. The van der Waals surface area contributed by atoms with Crippen LogP contribution in [0.25, 0.3) is 11.1 Å². The van der Waals surface area contributed by atoms with Gasteiger partial charge in [-0.15, -0.1) is 34.0 Å². The number of thiophene rings is 3. The molecule has 0 saturated carbocycles. The van der Waals surface area contributed by atoms with Crippen LogP contribution in [-0.2, 0) is 9.53 Å². The van der Waals surface area contributed by atoms with E-state index in [1.165, 1.54) is 9.75 Å². The van der Waals surface area contributed by atoms with Crippen LogP contribution in [0.1, 0.15) is 34.4 Å². The van der Waals surface area contributed by atoms with Gasteiger partial charge in [0.15, 0.2) is 0 Å². The molecule has 2 nitrogen and oxygen atoms in total. The molecule has 0 aliphatic heterocycles. The van der Waals surface area contributed by atoms with Crippen molar-refractivity contribution < 1.29 is 9.53 Å². The first-order chi connectivity index (χ1) is 12.8. The summed E-state index contributed by atoms with van der Waals surface area (Å²) in [6.45, 7) is 2.55. The lowest BCUT2D eigenvalue weighted by Crippen LogP contribution is -2.02. The van der Waals surface area contributed by atoms with Crippen LogP contribution in [-0.4, -0.2) is 12.6 Å². The van der Waals surface area contributed by atoms with Crippen molar-refractivity contribution in [1.29, 1.82) is 0 Å². The predicted octanol–water partition coefficient (Wildman–Crippen LogP) is 6.73. The molecule has 0 N–H and O–H groups in total. The third-order valence-electron chi connectivity index (χ3n) is 3.72. The van der Waals surface area contributed by atoms with Crippen LogP contribution in [0.15, 0.2) is 64.7 Å². The second-order valence-corrected chi connectivity index (χ2v) is 8.42. The number of ether oxygens (including phenoxy) is 1. The molecular formula is C21H20O2S3. The van der Waals surface area contributed by atoms with Gasteiger partial charge >= 0.3 is 5.97 Å². The highest BCUT2D eigenvalue weighted by molar-refractivity contribution is 7.14. The summed E-state index contributed by atoms with van der Waals surface area (Å²) in [5.41, 5.74) is 2.22. The third-order valence-corrected chi connectivity index (χ3v) is 6.40. The summed E-state index contributed by atoms with van der Waals surface area (Å²) in [5, 5.41) is 6.22. The molecule has 0 aromatic carbocycles. The molecule has 134 valence electrons. The van der Waals surface area contributed by atoms with Gasteiger partial charge in [-0.2, -0.15) is 0 Å². The molecule has 3 heterocycles. The second-order valence-electron chi connectivity index (χ2n) is 5.57. The summed E-state index contributed by atoms with van der Waals surface area (Å²) in [6.07, 6.45) is 5.35. The lowest BCUT2D eigenvalue weighted by atomic mass is 10.0. The van der Waals surface area contributed by atoms with E-state index in [9.17, 15) is 4.79 Å². The van der Waals surface area contributed by atoms with Gasteiger partial charge in [0.25, 0.3) is 0 Å². The lowest BCUT2D eigenvalue weighted by Gasteiger charge is -2.09. The van der Waals surface area contributed by atoms with Crippen LogP contribution in [0.2, 0.25) is 0 Å². The fraction of sp³-hybridized carbons (Fsp3) is 0.190. The van der Waals surface area contributed by atoms with Crippen LogP contribution in [0.5, 0.6) is 0 Å². The van der Waals surface area contributed by atoms with Crippen molar-refractivity contribution in [3.63, 3.8) is 0 Å². The zero-order valence-corrected chi connectivity index (χ0v) is 17.0. The number of esters is 1. The number of rotatable bonds is 8. The fourth-order valence-electron chi connectivity index (χ4n) is 2.47. The molecule has 0 aliphatic carbocycles. The average Bonchev–Trinajstić information content (AvgIpc) is 3.42. The van der Waals surface area contributed by atoms with Gasteiger partial charge in [0.1, 0.15) is 0 Å². The number of hydrogen-bond donors (Lipinski definition) is 0. The van der Waals surface area contributed by atoms with Crippen LogP contribution in [0.3, 0.4) is 0 Å². The van der Waals surface area contributed by atoms with Crippen molar-refractivity contribution >= 4 is 51.1 Å². The molecule has 3 aromatic rings. The van der Waals surface area contributed by atoms with Crippen LogP contribution in [0, 0.1) is 0 Å². The molecular weight excluding hydrogens is 380 g/mol. The number of hydrogen-bond acceptors (Lipinski definition) is 5. The normalized spacial score (nSPS) is 11.0. The first kappa shape index (κ1) is 18.8. The van der Waals surface area contributed by atoms with E-state index in [1.807, 2.05) is 12.1 Å². The average molecular weight is 401 g/mol. The van der Waals surface area contributed by atoms with Crippen molar-refractivity contribution in [2.24, 2.45) is 0 Å². The van der Waals surface area contributed by atoms with Gasteiger partial charge in [0, 0.05) is 31.9 Å². The summed E-state index contributed by atoms with van der Waals surface area (Å²) < 4.78 is 5.27. The minimum absolute atomic E-state index is 0.288. The van der Waals surface area contributed by atoms with Gasteiger partial charge in [-0.1, -0.05) is 31.5 Å². The number of carbonyl (C=O) groups is 1. The van der Waals surface area contributed by atoms with E-state index in [1.54, 1.807) is 40.1 Å². The zero-order chi connectivity index (χ0) is 18.2. The van der Waals surface area contributed by atoms with Crippen molar-refractivity contribution in [3.05, 3.63) is 79.3 Å². The van der Waals surface area contributed by atoms with E-state index in [0.29, 0.717) is 6.61 Å². The van der Waals surface area contributed by atoms with Crippen molar-refractivity contribution in [3.8, 4) is 0 Å². The number of allylic oxidation sites excluding steroid dienone is 2. The quantitative estimate of drug-likeness (QED) is 0.181. The van der Waals surface area contributed by atoms with Crippen molar-refractivity contribution in [2.75, 3.05) is 6.61 Å². The molecule has 26 heavy (non-hydrogen) atoms. The Balaban J connectivity index is 2.01. The molecule has 0 bridgehead atoms. The smallest absolute Gasteiger partial charge is 0.330 e. The van der Waals surface area contributed by atoms with Gasteiger partial charge in [-0.25, -0.2) is 4.79 Å². The van der Waals surface area contributed by atoms with Gasteiger partial charge in [-0.3, -0.25) is 0 Å². The summed E-state index contributed by atoms with van der Waals surface area (Å²) >= 11 is 5.09. The molecule has 3 rings (SSSR count). The Hall–Kier alpha value is -1.95. The van der Waals surface area contributed by atoms with Crippen molar-refractivity contribution in [2.45, 2.75) is 19.8 Å². The molecule has 0 amide bonds. The first-order valence-corrected chi connectivity index (χ1v) is 11.1. The summed E-state index contributed by atoms with van der Waals surface area (Å²) in [4.78, 5) is 15.6. The maximum Gasteiger partial charge on any atom is 0.330 e. The molecule has 0 radical (unpaired) electrons. The maximum atomic E-state index is 12.1. The standard InChI is InChI=1S/C21H20O2S3/c1-2-3-12-23-20(22)11-10-16(17-7-4-13-24-17)21(18-8-5-14-25-18)19-9-6-15-26-19/h4-11,13-15H,2-3,12H2,1H3/b11-10+. The second kappa shape index (κ2) is 9.67. The van der Waals surface area contributed by atoms with Crippen LogP contribution < -0.4 is 0 Å². The van der Waals surface area contributed by atoms with E-state index < -0.39 is 0 Å². The molecule has 0 saturated heterocycles. The summed E-state index contributed by atoms with van der Waals surface area (Å²) in [7, 11) is 0. The van der Waals surface area contributed by atoms with E-state index >= 15 is 0 Å². The lowest BCUT2D eigenvalue weighted by molar-refractivity contribution is -0.137. The summed E-state index contributed by atoms with van der Waals surface area (Å²) in [6, 6.07) is 12.5. The SMILES string of the molecule is CCCCOC(=O)/C=C/C(=C(c1cccs1)c1cccs1)c1cccs1. The minimum atomic E-state index is -0.288. The Labute approximate surface area is 166 Å². The van der Waals surface area contributed by atoms with E-state index in [-0.39, 0.29) is 5.97 Å². The molecule has 0 atom stereocenters. The van der Waals surface area contributed by atoms with Crippen LogP contribution >= 0.6 is 34.0 Å². The Kier molecular flexibility index (Phi) is 7.00. The van der Waals surface area contributed by atoms with Crippen LogP contribution in [0.4, 0.5) is 0 Å². The minimum Gasteiger partial charge on any atom is -0.463 e. The highest BCUT2D eigenvalue weighted by atomic mass is 32.1. The van der Waals surface area contributed by atoms with E-state index in [2.05, 4.69) is 53.4 Å². The molecule has 0 spiro atoms. The van der Waals surface area contributed by atoms with Gasteiger partial charge in [-0.05, 0) is 46.8 Å². The fourth-order valence-corrected chi connectivity index (χ4v) is 4.89. The number of unbranched alkanes of at least 4 members (excludes halogenated alkanes) is 1. The van der Waals surface area contributed by atoms with Gasteiger partial charge in [0.05, 0.1) is 6.61 Å². The Morgan fingerprint density at radius 1 is 0.923 bits per heavy atom. The first-order valence-electron chi connectivity index (χ1n) is 8.50. The maximum absolute atomic E-state index is 12.1. The monoisotopic (exact) mass is 400 g/mol. The Morgan fingerprint density at radius 2 is 1.50 bits per heavy atom. The van der Waals surface area contributed by atoms with Gasteiger partial charge < -0.3 is 4.74 Å². The molecule has 5 heteroatoms. The summed E-state index contributed by atoms with van der Waals surface area (Å²) in [5.74, 6) is -0.288. The zero-order valence-electron chi connectivity index (χ0n) is 14.5. The van der Waals surface area contributed by atoms with E-state index in [0.717, 1.165) is 28.9 Å². The topological polar surface area (TPSA) is 26.3 Å². The number of carbonyl (C=O) groups excluding carboxylic acids is 1. The van der Waals surface area contributed by atoms with E-state index in [4.69, 9.17) is 4.74 Å². The third kappa shape index (κ3) is 4.81. The largest absolute Gasteiger partial charge is 0.463 e. The molecule has 0 fully saturated rings. The Bertz CT molecular complexity index is 818. The molecule has 3 aromatic heterocycles. The van der Waals surface area contributed by atoms with Gasteiger partial charge in [0.2, 0.25) is 0 Å². The Morgan fingerprint density at radius 3 is 2.00 bits per heavy atom. The predicted molar refractivity (Wildman–Crippen MR) is 114 cm³/mol.